The lowest BCUT2D eigenvalue weighted by molar-refractivity contribution is -0.190. The Bertz CT molecular complexity index is 1240. The highest BCUT2D eigenvalue weighted by atomic mass is 16.6. The van der Waals surface area contributed by atoms with E-state index in [0.29, 0.717) is 0 Å². The Hall–Kier alpha value is -2.67. The Balaban J connectivity index is 1.54. The zero-order valence-corrected chi connectivity index (χ0v) is 21.8. The molecule has 2 aliphatic heterocycles. The van der Waals surface area contributed by atoms with Crippen LogP contribution in [0, 0.1) is 28.1 Å². The maximum atomic E-state index is 13.7. The molecule has 7 nitrogen and oxygen atoms in total. The predicted molar refractivity (Wildman–Crippen MR) is 129 cm³/mol. The molecule has 0 N–H and O–H groups in total. The summed E-state index contributed by atoms with van der Waals surface area (Å²) in [7, 11) is 1.37. The molecule has 1 aromatic rings. The SMILES string of the molecule is CCc1cc(C2CC3OC4C5OC(=O)[C@]6(C)C=CC(=O)[C@@](C)(C56)[C@@H](CC(=O)OC)[C@]4(C)C3=C2C)co1. The topological polar surface area (TPSA) is 92.0 Å². The molecular weight excluding hydrogens is 460 g/mol. The summed E-state index contributed by atoms with van der Waals surface area (Å²) in [6.07, 6.45) is 5.51. The molecule has 9 atom stereocenters. The summed E-state index contributed by atoms with van der Waals surface area (Å²) < 4.78 is 23.7. The fourth-order valence-electron chi connectivity index (χ4n) is 8.70. The number of allylic oxidation sites excluding steroid dienone is 2. The number of rotatable bonds is 4. The zero-order valence-electron chi connectivity index (χ0n) is 21.8. The van der Waals surface area contributed by atoms with Gasteiger partial charge < -0.3 is 18.6 Å². The van der Waals surface area contributed by atoms with Crippen LogP contribution in [-0.2, 0) is 35.0 Å². The summed E-state index contributed by atoms with van der Waals surface area (Å²) in [4.78, 5) is 39.8. The van der Waals surface area contributed by atoms with E-state index in [-0.39, 0.29) is 36.2 Å². The van der Waals surface area contributed by atoms with Gasteiger partial charge in [0, 0.05) is 29.1 Å². The molecule has 0 amide bonds. The number of ether oxygens (including phenoxy) is 3. The van der Waals surface area contributed by atoms with Crippen LogP contribution >= 0.6 is 0 Å². The summed E-state index contributed by atoms with van der Waals surface area (Å²) >= 11 is 0. The van der Waals surface area contributed by atoms with Gasteiger partial charge in [-0.1, -0.05) is 32.4 Å². The maximum absolute atomic E-state index is 13.7. The van der Waals surface area contributed by atoms with E-state index in [1.54, 1.807) is 6.08 Å². The number of aryl methyl sites for hydroxylation is 1. The lowest BCUT2D eigenvalue weighted by Gasteiger charge is -2.59. The molecule has 0 aromatic carbocycles. The second kappa shape index (κ2) is 7.44. The molecule has 0 bridgehead atoms. The molecule has 1 saturated carbocycles. The van der Waals surface area contributed by atoms with Gasteiger partial charge in [-0.15, -0.1) is 0 Å². The molecule has 5 aliphatic rings. The number of carbonyl (C=O) groups excluding carboxylic acids is 3. The monoisotopic (exact) mass is 494 g/mol. The first-order valence-corrected chi connectivity index (χ1v) is 13.0. The van der Waals surface area contributed by atoms with E-state index in [4.69, 9.17) is 18.6 Å². The van der Waals surface area contributed by atoms with Crippen LogP contribution in [0.5, 0.6) is 0 Å². The van der Waals surface area contributed by atoms with Gasteiger partial charge in [-0.05, 0) is 49.5 Å². The lowest BCUT2D eigenvalue weighted by Crippen LogP contribution is -2.66. The fourth-order valence-corrected chi connectivity index (χ4v) is 8.70. The average molecular weight is 495 g/mol. The highest BCUT2D eigenvalue weighted by Crippen LogP contribution is 2.72. The van der Waals surface area contributed by atoms with E-state index in [1.165, 1.54) is 18.8 Å². The van der Waals surface area contributed by atoms with Gasteiger partial charge in [-0.25, -0.2) is 0 Å². The average Bonchev–Trinajstić information content (AvgIpc) is 3.58. The molecule has 0 spiro atoms. The minimum absolute atomic E-state index is 0.0658. The van der Waals surface area contributed by atoms with Crippen LogP contribution in [-0.4, -0.2) is 43.1 Å². The Morgan fingerprint density at radius 3 is 2.61 bits per heavy atom. The Labute approximate surface area is 211 Å². The van der Waals surface area contributed by atoms with E-state index in [1.807, 2.05) is 20.1 Å². The zero-order chi connectivity index (χ0) is 25.8. The van der Waals surface area contributed by atoms with Crippen molar-refractivity contribution in [2.75, 3.05) is 7.11 Å². The molecule has 7 heteroatoms. The van der Waals surface area contributed by atoms with Crippen LogP contribution in [0.2, 0.25) is 0 Å². The van der Waals surface area contributed by atoms with Crippen molar-refractivity contribution in [3.05, 3.63) is 47.0 Å². The minimum Gasteiger partial charge on any atom is -0.469 e. The van der Waals surface area contributed by atoms with E-state index < -0.39 is 40.3 Å². The molecule has 3 fully saturated rings. The predicted octanol–water partition coefficient (Wildman–Crippen LogP) is 4.31. The van der Waals surface area contributed by atoms with Crippen LogP contribution < -0.4 is 0 Å². The van der Waals surface area contributed by atoms with Crippen molar-refractivity contribution >= 4 is 17.7 Å². The summed E-state index contributed by atoms with van der Waals surface area (Å²) in [6, 6.07) is 2.11. The highest BCUT2D eigenvalue weighted by Gasteiger charge is 2.77. The normalized spacial score (nSPS) is 44.4. The van der Waals surface area contributed by atoms with E-state index in [0.717, 1.165) is 29.7 Å². The number of esters is 2. The summed E-state index contributed by atoms with van der Waals surface area (Å²) in [5.41, 5.74) is 0.833. The van der Waals surface area contributed by atoms with Crippen molar-refractivity contribution in [3.63, 3.8) is 0 Å². The van der Waals surface area contributed by atoms with Gasteiger partial charge in [0.25, 0.3) is 0 Å². The van der Waals surface area contributed by atoms with Crippen molar-refractivity contribution in [2.24, 2.45) is 28.1 Å². The molecule has 5 unspecified atom stereocenters. The van der Waals surface area contributed by atoms with Crippen molar-refractivity contribution in [2.45, 2.75) is 78.1 Å². The van der Waals surface area contributed by atoms with E-state index in [2.05, 4.69) is 26.8 Å². The maximum Gasteiger partial charge on any atom is 0.316 e. The molecule has 192 valence electrons. The van der Waals surface area contributed by atoms with E-state index >= 15 is 0 Å². The van der Waals surface area contributed by atoms with Gasteiger partial charge in [0.15, 0.2) is 5.78 Å². The first-order chi connectivity index (χ1) is 17.0. The summed E-state index contributed by atoms with van der Waals surface area (Å²) in [5.74, 6) is -0.525. The molecule has 2 saturated heterocycles. The number of furan rings is 1. The third kappa shape index (κ3) is 2.65. The molecule has 6 rings (SSSR count). The van der Waals surface area contributed by atoms with Crippen molar-refractivity contribution in [1.29, 1.82) is 0 Å². The largest absolute Gasteiger partial charge is 0.469 e. The van der Waals surface area contributed by atoms with Gasteiger partial charge in [-0.3, -0.25) is 14.4 Å². The molecule has 36 heavy (non-hydrogen) atoms. The Morgan fingerprint density at radius 2 is 1.94 bits per heavy atom. The van der Waals surface area contributed by atoms with Crippen molar-refractivity contribution < 1.29 is 33.0 Å². The first kappa shape index (κ1) is 23.7. The molecule has 0 radical (unpaired) electrons. The van der Waals surface area contributed by atoms with Crippen LogP contribution in [0.3, 0.4) is 0 Å². The standard InChI is InChI=1S/C29H34O7/c1-7-16-10-15(13-34-16)17-11-18-22(14(17)2)29(5)19(12-21(31)33-6)28(4)20(30)8-9-27(3)24(28)23(25(29)35-18)36-26(27)32/h8-10,13,17-19,23-25H,7,11-12H2,1-6H3/t17?,18?,19-,23?,24?,25?,27-,28+,29-/m1/s1. The number of carbonyl (C=O) groups is 3. The molecule has 1 aromatic heterocycles. The van der Waals surface area contributed by atoms with Gasteiger partial charge in [-0.2, -0.15) is 0 Å². The molecule has 3 heterocycles. The van der Waals surface area contributed by atoms with Gasteiger partial charge in [0.1, 0.15) is 18.0 Å². The minimum atomic E-state index is -0.992. The van der Waals surface area contributed by atoms with Crippen molar-refractivity contribution in [3.8, 4) is 0 Å². The molecule has 3 aliphatic carbocycles. The first-order valence-electron chi connectivity index (χ1n) is 13.0. The van der Waals surface area contributed by atoms with Crippen LogP contribution in [0.1, 0.15) is 64.7 Å². The number of methoxy groups -OCH3 is 1. The smallest absolute Gasteiger partial charge is 0.316 e. The number of fused-ring (bicyclic) bond motifs is 4. The number of ketones is 1. The summed E-state index contributed by atoms with van der Waals surface area (Å²) in [5, 5.41) is 0. The Morgan fingerprint density at radius 1 is 1.19 bits per heavy atom. The summed E-state index contributed by atoms with van der Waals surface area (Å²) in [6.45, 7) is 10.1. The lowest BCUT2D eigenvalue weighted by atomic mass is 9.42. The fraction of sp³-hybridized carbons (Fsp3) is 0.621. The molecular formula is C29H34O7. The van der Waals surface area contributed by atoms with Gasteiger partial charge >= 0.3 is 11.9 Å². The quantitative estimate of drug-likeness (QED) is 0.455. The number of hydrogen-bond acceptors (Lipinski definition) is 7. The Kier molecular flexibility index (Phi) is 4.90. The van der Waals surface area contributed by atoms with Crippen LogP contribution in [0.25, 0.3) is 0 Å². The second-order valence-electron chi connectivity index (χ2n) is 11.9. The van der Waals surface area contributed by atoms with E-state index in [9.17, 15) is 14.4 Å². The number of hydrogen-bond donors (Lipinski definition) is 0. The van der Waals surface area contributed by atoms with Crippen molar-refractivity contribution in [1.82, 2.24) is 0 Å². The highest BCUT2D eigenvalue weighted by molar-refractivity contribution is 6.00. The van der Waals surface area contributed by atoms with Crippen LogP contribution in [0.4, 0.5) is 0 Å². The van der Waals surface area contributed by atoms with Gasteiger partial charge in [0.2, 0.25) is 0 Å². The second-order valence-corrected chi connectivity index (χ2v) is 11.9. The van der Waals surface area contributed by atoms with Gasteiger partial charge in [0.05, 0.1) is 31.3 Å². The third-order valence-electron chi connectivity index (χ3n) is 10.4. The third-order valence-corrected chi connectivity index (χ3v) is 10.4. The van der Waals surface area contributed by atoms with Crippen LogP contribution in [0.15, 0.2) is 40.0 Å².